The molecule has 1 heterocycles. The molecule has 1 saturated heterocycles. The van der Waals surface area contributed by atoms with Gasteiger partial charge in [-0.2, -0.15) is 0 Å². The number of carbonyl (C=O) groups is 2. The molecule has 1 atom stereocenters. The van der Waals surface area contributed by atoms with E-state index < -0.39 is 5.92 Å². The SMILES string of the molecule is COc1cc(OC)c(NC(=O)C2CC(=O)N(c3cccc(Cl)c3)C2)cc1Cl. The number of halogens is 2. The summed E-state index contributed by atoms with van der Waals surface area (Å²) in [4.78, 5) is 26.6. The van der Waals surface area contributed by atoms with Gasteiger partial charge in [0.15, 0.2) is 0 Å². The minimum absolute atomic E-state index is 0.116. The highest BCUT2D eigenvalue weighted by Crippen LogP contribution is 2.36. The summed E-state index contributed by atoms with van der Waals surface area (Å²) in [5.74, 6) is -0.0538. The predicted molar refractivity (Wildman–Crippen MR) is 105 cm³/mol. The Balaban J connectivity index is 1.76. The molecule has 0 saturated carbocycles. The molecule has 1 aliphatic heterocycles. The van der Waals surface area contributed by atoms with Gasteiger partial charge in [-0.05, 0) is 24.3 Å². The number of benzene rings is 2. The van der Waals surface area contributed by atoms with Gasteiger partial charge >= 0.3 is 0 Å². The van der Waals surface area contributed by atoms with Gasteiger partial charge in [0.25, 0.3) is 0 Å². The number of nitrogens with zero attached hydrogens (tertiary/aromatic N) is 1. The second kappa shape index (κ2) is 8.06. The van der Waals surface area contributed by atoms with Crippen molar-refractivity contribution in [2.24, 2.45) is 5.92 Å². The zero-order chi connectivity index (χ0) is 19.6. The molecular formula is C19H18Cl2N2O4. The van der Waals surface area contributed by atoms with E-state index in [1.54, 1.807) is 41.3 Å². The van der Waals surface area contributed by atoms with E-state index in [2.05, 4.69) is 5.32 Å². The largest absolute Gasteiger partial charge is 0.495 e. The Bertz CT molecular complexity index is 888. The van der Waals surface area contributed by atoms with Crippen LogP contribution in [0.15, 0.2) is 36.4 Å². The molecule has 0 aromatic heterocycles. The lowest BCUT2D eigenvalue weighted by molar-refractivity contribution is -0.122. The molecule has 0 aliphatic carbocycles. The first kappa shape index (κ1) is 19.3. The number of rotatable bonds is 5. The van der Waals surface area contributed by atoms with E-state index >= 15 is 0 Å². The molecule has 3 rings (SSSR count). The molecule has 27 heavy (non-hydrogen) atoms. The first-order valence-corrected chi connectivity index (χ1v) is 8.97. The molecular weight excluding hydrogens is 391 g/mol. The average Bonchev–Trinajstić information content (AvgIpc) is 3.04. The first-order valence-electron chi connectivity index (χ1n) is 8.21. The van der Waals surface area contributed by atoms with Crippen LogP contribution in [0.2, 0.25) is 10.0 Å². The fraction of sp³-hybridized carbons (Fsp3) is 0.263. The summed E-state index contributed by atoms with van der Waals surface area (Å²) >= 11 is 12.1. The van der Waals surface area contributed by atoms with E-state index in [9.17, 15) is 9.59 Å². The summed E-state index contributed by atoms with van der Waals surface area (Å²) in [7, 11) is 2.98. The smallest absolute Gasteiger partial charge is 0.229 e. The highest BCUT2D eigenvalue weighted by molar-refractivity contribution is 6.32. The third-order valence-corrected chi connectivity index (χ3v) is 4.88. The number of methoxy groups -OCH3 is 2. The van der Waals surface area contributed by atoms with Crippen molar-refractivity contribution in [2.75, 3.05) is 31.0 Å². The average molecular weight is 409 g/mol. The van der Waals surface area contributed by atoms with Crippen molar-refractivity contribution in [3.8, 4) is 11.5 Å². The standard InChI is InChI=1S/C19H18Cl2N2O4/c1-26-16-9-17(27-2)15(8-14(16)21)22-19(25)11-6-18(24)23(10-11)13-5-3-4-12(20)7-13/h3-5,7-9,11H,6,10H2,1-2H3,(H,22,25). The van der Waals surface area contributed by atoms with Crippen molar-refractivity contribution >= 4 is 46.4 Å². The van der Waals surface area contributed by atoms with Crippen LogP contribution in [0.5, 0.6) is 11.5 Å². The summed E-state index contributed by atoms with van der Waals surface area (Å²) in [6.45, 7) is 0.275. The van der Waals surface area contributed by atoms with Crippen LogP contribution in [0.1, 0.15) is 6.42 Å². The third kappa shape index (κ3) is 4.12. The summed E-state index contributed by atoms with van der Waals surface area (Å²) in [5.41, 5.74) is 1.09. The molecule has 0 spiro atoms. The molecule has 2 amide bonds. The van der Waals surface area contributed by atoms with E-state index in [4.69, 9.17) is 32.7 Å². The zero-order valence-corrected chi connectivity index (χ0v) is 16.3. The maximum Gasteiger partial charge on any atom is 0.229 e. The summed E-state index contributed by atoms with van der Waals surface area (Å²) in [6, 6.07) is 10.1. The lowest BCUT2D eigenvalue weighted by Crippen LogP contribution is -2.28. The molecule has 2 aromatic rings. The molecule has 1 aliphatic rings. The van der Waals surface area contributed by atoms with Crippen molar-refractivity contribution in [2.45, 2.75) is 6.42 Å². The monoisotopic (exact) mass is 408 g/mol. The van der Waals surface area contributed by atoms with Gasteiger partial charge < -0.3 is 19.7 Å². The van der Waals surface area contributed by atoms with Gasteiger partial charge in [0, 0.05) is 29.7 Å². The summed E-state index contributed by atoms with van der Waals surface area (Å²) in [6.07, 6.45) is 0.116. The number of ether oxygens (including phenoxy) is 2. The van der Waals surface area contributed by atoms with Crippen molar-refractivity contribution in [3.05, 3.63) is 46.4 Å². The number of amides is 2. The normalized spacial score (nSPS) is 16.4. The van der Waals surface area contributed by atoms with Crippen LogP contribution in [0, 0.1) is 5.92 Å². The number of carbonyl (C=O) groups excluding carboxylic acids is 2. The van der Waals surface area contributed by atoms with Crippen LogP contribution in [0.25, 0.3) is 0 Å². The van der Waals surface area contributed by atoms with Gasteiger partial charge in [-0.1, -0.05) is 29.3 Å². The molecule has 1 fully saturated rings. The van der Waals surface area contributed by atoms with E-state index in [0.29, 0.717) is 32.9 Å². The minimum Gasteiger partial charge on any atom is -0.495 e. The van der Waals surface area contributed by atoms with Crippen molar-refractivity contribution < 1.29 is 19.1 Å². The van der Waals surface area contributed by atoms with Gasteiger partial charge in [-0.3, -0.25) is 9.59 Å². The van der Waals surface area contributed by atoms with E-state index in [-0.39, 0.29) is 24.8 Å². The number of hydrogen-bond acceptors (Lipinski definition) is 4. The van der Waals surface area contributed by atoms with Gasteiger partial charge in [0.05, 0.1) is 30.8 Å². The number of nitrogens with one attached hydrogen (secondary N) is 1. The fourth-order valence-electron chi connectivity index (χ4n) is 2.97. The Labute approximate surface area is 167 Å². The number of anilines is 2. The molecule has 6 nitrogen and oxygen atoms in total. The topological polar surface area (TPSA) is 67.9 Å². The van der Waals surface area contributed by atoms with Crippen molar-refractivity contribution in [1.29, 1.82) is 0 Å². The molecule has 1 N–H and O–H groups in total. The quantitative estimate of drug-likeness (QED) is 0.811. The Morgan fingerprint density at radius 2 is 1.89 bits per heavy atom. The van der Waals surface area contributed by atoms with Crippen LogP contribution >= 0.6 is 23.2 Å². The molecule has 142 valence electrons. The van der Waals surface area contributed by atoms with E-state index in [1.807, 2.05) is 0 Å². The van der Waals surface area contributed by atoms with Crippen molar-refractivity contribution in [1.82, 2.24) is 0 Å². The highest BCUT2D eigenvalue weighted by atomic mass is 35.5. The van der Waals surface area contributed by atoms with Crippen LogP contribution in [0.4, 0.5) is 11.4 Å². The second-order valence-electron chi connectivity index (χ2n) is 6.06. The molecule has 8 heteroatoms. The third-order valence-electron chi connectivity index (χ3n) is 4.35. The predicted octanol–water partition coefficient (Wildman–Crippen LogP) is 4.00. The van der Waals surface area contributed by atoms with Gasteiger partial charge in [-0.25, -0.2) is 0 Å². The maximum absolute atomic E-state index is 12.7. The molecule has 0 radical (unpaired) electrons. The van der Waals surface area contributed by atoms with Crippen LogP contribution < -0.4 is 19.7 Å². The van der Waals surface area contributed by atoms with Gasteiger partial charge in [-0.15, -0.1) is 0 Å². The summed E-state index contributed by atoms with van der Waals surface area (Å²) in [5, 5.41) is 3.67. The molecule has 1 unspecified atom stereocenters. The van der Waals surface area contributed by atoms with Crippen LogP contribution in [-0.4, -0.2) is 32.6 Å². The van der Waals surface area contributed by atoms with Gasteiger partial charge in [0.2, 0.25) is 11.8 Å². The van der Waals surface area contributed by atoms with Crippen LogP contribution in [0.3, 0.4) is 0 Å². The minimum atomic E-state index is -0.498. The summed E-state index contributed by atoms with van der Waals surface area (Å²) < 4.78 is 10.4. The molecule has 0 bridgehead atoms. The van der Waals surface area contributed by atoms with Crippen molar-refractivity contribution in [3.63, 3.8) is 0 Å². The van der Waals surface area contributed by atoms with E-state index in [0.717, 1.165) is 0 Å². The Kier molecular flexibility index (Phi) is 5.77. The van der Waals surface area contributed by atoms with E-state index in [1.165, 1.54) is 14.2 Å². The number of hydrogen-bond donors (Lipinski definition) is 1. The first-order chi connectivity index (χ1) is 12.9. The van der Waals surface area contributed by atoms with Gasteiger partial charge in [0.1, 0.15) is 11.5 Å². The maximum atomic E-state index is 12.7. The lowest BCUT2D eigenvalue weighted by atomic mass is 10.1. The highest BCUT2D eigenvalue weighted by Gasteiger charge is 2.35. The Hall–Kier alpha value is -2.44. The second-order valence-corrected chi connectivity index (χ2v) is 6.91. The Morgan fingerprint density at radius 1 is 1.15 bits per heavy atom. The lowest BCUT2D eigenvalue weighted by Gasteiger charge is -2.17. The fourth-order valence-corrected chi connectivity index (χ4v) is 3.39. The Morgan fingerprint density at radius 3 is 2.56 bits per heavy atom. The van der Waals surface area contributed by atoms with Crippen LogP contribution in [-0.2, 0) is 9.59 Å². The zero-order valence-electron chi connectivity index (χ0n) is 14.8. The molecule has 2 aromatic carbocycles.